The first-order valence-corrected chi connectivity index (χ1v) is 3.77. The highest BCUT2D eigenvalue weighted by Gasteiger charge is 1.90. The van der Waals surface area contributed by atoms with Crippen molar-refractivity contribution in [2.75, 3.05) is 0 Å². The van der Waals surface area contributed by atoms with E-state index in [9.17, 15) is 0 Å². The molecule has 10 heavy (non-hydrogen) atoms. The van der Waals surface area contributed by atoms with E-state index in [1.165, 1.54) is 16.7 Å². The van der Waals surface area contributed by atoms with E-state index in [0.717, 1.165) is 4.90 Å². The molecule has 1 aromatic carbocycles. The van der Waals surface area contributed by atoms with Crippen molar-refractivity contribution in [2.24, 2.45) is 0 Å². The fraction of sp³-hybridized carbons (Fsp3) is 0.333. The Kier molecular flexibility index (Phi) is 1.95. The molecule has 0 bridgehead atoms. The minimum Gasteiger partial charge on any atom is -0.779 e. The van der Waals surface area contributed by atoms with E-state index < -0.39 is 0 Å². The maximum Gasteiger partial charge on any atom is -0.0398 e. The number of hydrogen-bond donors (Lipinski definition) is 0. The molecule has 0 aliphatic heterocycles. The molecule has 0 spiro atoms. The SMILES string of the molecule is Cc1cc(C)c([S-])c(C)c1. The molecule has 0 heterocycles. The molecule has 0 unspecified atom stereocenters. The number of aryl methyl sites for hydroxylation is 3. The molecule has 0 radical (unpaired) electrons. The third kappa shape index (κ3) is 1.29. The van der Waals surface area contributed by atoms with Gasteiger partial charge in [0.25, 0.3) is 0 Å². The molecule has 0 atom stereocenters. The molecule has 1 rings (SSSR count). The highest BCUT2D eigenvalue weighted by atomic mass is 32.1. The van der Waals surface area contributed by atoms with Crippen molar-refractivity contribution in [1.82, 2.24) is 0 Å². The van der Waals surface area contributed by atoms with E-state index in [1.807, 2.05) is 0 Å². The van der Waals surface area contributed by atoms with Crippen molar-refractivity contribution in [2.45, 2.75) is 25.7 Å². The maximum atomic E-state index is 5.15. The van der Waals surface area contributed by atoms with Gasteiger partial charge in [0, 0.05) is 0 Å². The summed E-state index contributed by atoms with van der Waals surface area (Å²) in [6, 6.07) is 4.24. The molecular formula is C9H11S-. The molecule has 0 aromatic heterocycles. The number of rotatable bonds is 0. The Morgan fingerprint density at radius 3 is 1.80 bits per heavy atom. The highest BCUT2D eigenvalue weighted by molar-refractivity contribution is 7.58. The Bertz CT molecular complexity index is 228. The normalized spacial score (nSPS) is 9.90. The predicted molar refractivity (Wildman–Crippen MR) is 46.3 cm³/mol. The molecule has 1 aromatic rings. The standard InChI is InChI=1S/C9H12S/c1-6-4-7(2)9(10)8(3)5-6/h4-5,10H,1-3H3/p-1. The van der Waals surface area contributed by atoms with Crippen LogP contribution in [0.4, 0.5) is 0 Å². The predicted octanol–water partition coefficient (Wildman–Crippen LogP) is 2.52. The van der Waals surface area contributed by atoms with Gasteiger partial charge in [0.05, 0.1) is 0 Å². The van der Waals surface area contributed by atoms with Crippen LogP contribution in [0.2, 0.25) is 0 Å². The van der Waals surface area contributed by atoms with Crippen LogP contribution in [0.15, 0.2) is 17.0 Å². The summed E-state index contributed by atoms with van der Waals surface area (Å²) in [5, 5.41) is 0. The molecular weight excluding hydrogens is 140 g/mol. The first kappa shape index (κ1) is 7.55. The summed E-state index contributed by atoms with van der Waals surface area (Å²) in [6.45, 7) is 6.21. The van der Waals surface area contributed by atoms with Crippen molar-refractivity contribution >= 4 is 12.6 Å². The summed E-state index contributed by atoms with van der Waals surface area (Å²) in [6.07, 6.45) is 0. The van der Waals surface area contributed by atoms with Crippen LogP contribution in [0.25, 0.3) is 0 Å². The summed E-state index contributed by atoms with van der Waals surface area (Å²) < 4.78 is 0. The molecule has 0 aliphatic carbocycles. The summed E-state index contributed by atoms with van der Waals surface area (Å²) >= 11 is 5.15. The summed E-state index contributed by atoms with van der Waals surface area (Å²) in [5.74, 6) is 0. The zero-order valence-corrected chi connectivity index (χ0v) is 7.38. The van der Waals surface area contributed by atoms with Gasteiger partial charge < -0.3 is 12.6 Å². The number of benzene rings is 1. The van der Waals surface area contributed by atoms with Gasteiger partial charge in [-0.25, -0.2) is 0 Å². The molecule has 1 heteroatoms. The van der Waals surface area contributed by atoms with Crippen molar-refractivity contribution in [3.05, 3.63) is 28.8 Å². The molecule has 0 saturated heterocycles. The van der Waals surface area contributed by atoms with Gasteiger partial charge in [-0.3, -0.25) is 0 Å². The molecule has 0 N–H and O–H groups in total. The van der Waals surface area contributed by atoms with Gasteiger partial charge in [-0.15, -0.1) is 0 Å². The van der Waals surface area contributed by atoms with Crippen LogP contribution in [0.5, 0.6) is 0 Å². The average Bonchev–Trinajstić information content (AvgIpc) is 1.82. The van der Waals surface area contributed by atoms with Gasteiger partial charge in [0.15, 0.2) is 0 Å². The molecule has 54 valence electrons. The lowest BCUT2D eigenvalue weighted by molar-refractivity contribution is 1.19. The van der Waals surface area contributed by atoms with Gasteiger partial charge in [0.2, 0.25) is 0 Å². The fourth-order valence-electron chi connectivity index (χ4n) is 1.17. The lowest BCUT2D eigenvalue weighted by Gasteiger charge is -2.14. The Morgan fingerprint density at radius 2 is 1.40 bits per heavy atom. The van der Waals surface area contributed by atoms with Crippen molar-refractivity contribution in [1.29, 1.82) is 0 Å². The smallest absolute Gasteiger partial charge is 0.0398 e. The van der Waals surface area contributed by atoms with Gasteiger partial charge >= 0.3 is 0 Å². The van der Waals surface area contributed by atoms with Crippen LogP contribution in [0.1, 0.15) is 16.7 Å². The molecule has 0 amide bonds. The molecule has 0 fully saturated rings. The first-order chi connectivity index (χ1) is 4.61. The maximum absolute atomic E-state index is 5.15. The first-order valence-electron chi connectivity index (χ1n) is 3.36. The second-order valence-corrected chi connectivity index (χ2v) is 3.14. The lowest BCUT2D eigenvalue weighted by atomic mass is 10.1. The monoisotopic (exact) mass is 151 g/mol. The van der Waals surface area contributed by atoms with Gasteiger partial charge in [-0.1, -0.05) is 28.8 Å². The summed E-state index contributed by atoms with van der Waals surface area (Å²) in [7, 11) is 0. The average molecular weight is 151 g/mol. The van der Waals surface area contributed by atoms with Crippen molar-refractivity contribution in [3.8, 4) is 0 Å². The van der Waals surface area contributed by atoms with E-state index in [4.69, 9.17) is 12.6 Å². The largest absolute Gasteiger partial charge is 0.779 e. The Labute approximate surface area is 67.7 Å². The van der Waals surface area contributed by atoms with Crippen LogP contribution < -0.4 is 0 Å². The molecule has 0 aliphatic rings. The van der Waals surface area contributed by atoms with E-state index in [2.05, 4.69) is 32.9 Å². The zero-order chi connectivity index (χ0) is 7.72. The van der Waals surface area contributed by atoms with Crippen LogP contribution in [-0.4, -0.2) is 0 Å². The summed E-state index contributed by atoms with van der Waals surface area (Å²) in [5.41, 5.74) is 3.73. The van der Waals surface area contributed by atoms with Crippen LogP contribution >= 0.6 is 0 Å². The zero-order valence-electron chi connectivity index (χ0n) is 6.56. The highest BCUT2D eigenvalue weighted by Crippen LogP contribution is 2.14. The second kappa shape index (κ2) is 2.59. The Morgan fingerprint density at radius 1 is 1.00 bits per heavy atom. The second-order valence-electron chi connectivity index (χ2n) is 2.73. The van der Waals surface area contributed by atoms with E-state index in [-0.39, 0.29) is 0 Å². The van der Waals surface area contributed by atoms with Crippen molar-refractivity contribution in [3.63, 3.8) is 0 Å². The van der Waals surface area contributed by atoms with Gasteiger partial charge in [-0.05, 0) is 20.8 Å². The Balaban J connectivity index is 3.31. The molecule has 0 saturated carbocycles. The minimum atomic E-state index is 1.01. The van der Waals surface area contributed by atoms with Crippen LogP contribution in [0.3, 0.4) is 0 Å². The third-order valence-electron chi connectivity index (χ3n) is 1.60. The summed E-state index contributed by atoms with van der Waals surface area (Å²) in [4.78, 5) is 1.01. The van der Waals surface area contributed by atoms with E-state index in [1.54, 1.807) is 0 Å². The number of hydrogen-bond acceptors (Lipinski definition) is 1. The van der Waals surface area contributed by atoms with Gasteiger partial charge in [-0.2, -0.15) is 4.90 Å². The van der Waals surface area contributed by atoms with E-state index in [0.29, 0.717) is 0 Å². The fourth-order valence-corrected chi connectivity index (χ4v) is 1.28. The Hall–Kier alpha value is -0.560. The minimum absolute atomic E-state index is 1.01. The lowest BCUT2D eigenvalue weighted by Crippen LogP contribution is -1.86. The quantitative estimate of drug-likeness (QED) is 0.513. The topological polar surface area (TPSA) is 0 Å². The van der Waals surface area contributed by atoms with Crippen molar-refractivity contribution < 1.29 is 0 Å². The van der Waals surface area contributed by atoms with Crippen LogP contribution in [0, 0.1) is 20.8 Å². The van der Waals surface area contributed by atoms with E-state index >= 15 is 0 Å². The molecule has 0 nitrogen and oxygen atoms in total. The van der Waals surface area contributed by atoms with Gasteiger partial charge in [0.1, 0.15) is 0 Å². The van der Waals surface area contributed by atoms with Crippen LogP contribution in [-0.2, 0) is 12.6 Å². The third-order valence-corrected chi connectivity index (χ3v) is 2.25.